The highest BCUT2D eigenvalue weighted by atomic mass is 16.5. The molecule has 0 saturated heterocycles. The summed E-state index contributed by atoms with van der Waals surface area (Å²) < 4.78 is 17.7. The molecule has 2 N–H and O–H groups in total. The zero-order chi connectivity index (χ0) is 27.6. The Morgan fingerprint density at radius 2 is 1.56 bits per heavy atom. The number of ether oxygens (including phenoxy) is 3. The van der Waals surface area contributed by atoms with Gasteiger partial charge in [0.2, 0.25) is 11.7 Å². The molecule has 0 bridgehead atoms. The second-order valence-corrected chi connectivity index (χ2v) is 10.3. The minimum Gasteiger partial charge on any atom is -0.490 e. The van der Waals surface area contributed by atoms with Crippen molar-refractivity contribution < 1.29 is 14.2 Å². The molecular weight excluding hydrogens is 490 g/mol. The van der Waals surface area contributed by atoms with Gasteiger partial charge >= 0.3 is 0 Å². The van der Waals surface area contributed by atoms with E-state index in [9.17, 15) is 0 Å². The monoisotopic (exact) mass is 535 g/mol. The van der Waals surface area contributed by atoms with Crippen LogP contribution in [0.5, 0.6) is 17.2 Å². The molecule has 0 unspecified atom stereocenters. The average molecular weight is 536 g/mol. The first-order valence-electron chi connectivity index (χ1n) is 14.5. The number of rotatable bonds is 14. The van der Waals surface area contributed by atoms with Crippen LogP contribution in [0.4, 0.5) is 11.8 Å². The van der Waals surface area contributed by atoms with Gasteiger partial charge in [-0.05, 0) is 83.5 Å². The Labute approximate surface area is 233 Å². The highest BCUT2D eigenvalue weighted by molar-refractivity contribution is 5.90. The lowest BCUT2D eigenvalue weighted by Crippen LogP contribution is -2.28. The van der Waals surface area contributed by atoms with Gasteiger partial charge in [-0.25, -0.2) is 4.98 Å². The summed E-state index contributed by atoms with van der Waals surface area (Å²) in [6.45, 7) is 9.42. The van der Waals surface area contributed by atoms with Crippen LogP contribution in [-0.2, 0) is 6.54 Å². The summed E-state index contributed by atoms with van der Waals surface area (Å²) in [6.07, 6.45) is 5.89. The Balaban J connectivity index is 1.27. The predicted molar refractivity (Wildman–Crippen MR) is 160 cm³/mol. The van der Waals surface area contributed by atoms with Gasteiger partial charge in [-0.1, -0.05) is 18.2 Å². The molecule has 212 valence electrons. The summed E-state index contributed by atoms with van der Waals surface area (Å²) in [5, 5.41) is 8.34. The number of para-hydroxylation sites is 1. The summed E-state index contributed by atoms with van der Waals surface area (Å²) >= 11 is 0. The van der Waals surface area contributed by atoms with Crippen molar-refractivity contribution in [2.75, 3.05) is 50.7 Å². The van der Waals surface area contributed by atoms with Crippen molar-refractivity contribution in [2.45, 2.75) is 65.5 Å². The maximum absolute atomic E-state index is 5.99. The molecule has 0 radical (unpaired) electrons. The minimum atomic E-state index is 0.417. The fourth-order valence-corrected chi connectivity index (χ4v) is 5.35. The molecule has 1 saturated carbocycles. The first-order chi connectivity index (χ1) is 19.0. The number of nitrogens with one attached hydrogen (secondary N) is 2. The van der Waals surface area contributed by atoms with Crippen molar-refractivity contribution in [3.63, 3.8) is 0 Å². The van der Waals surface area contributed by atoms with Gasteiger partial charge in [-0.3, -0.25) is 0 Å². The second-order valence-electron chi connectivity index (χ2n) is 10.3. The van der Waals surface area contributed by atoms with Gasteiger partial charge in [0, 0.05) is 37.6 Å². The third kappa shape index (κ3) is 7.44. The minimum absolute atomic E-state index is 0.417. The van der Waals surface area contributed by atoms with Crippen molar-refractivity contribution in [2.24, 2.45) is 5.92 Å². The quantitative estimate of drug-likeness (QED) is 0.242. The maximum atomic E-state index is 5.99. The third-order valence-corrected chi connectivity index (χ3v) is 7.27. The molecular formula is C31H45N5O3. The summed E-state index contributed by atoms with van der Waals surface area (Å²) in [5.74, 6) is 4.66. The molecule has 0 amide bonds. The summed E-state index contributed by atoms with van der Waals surface area (Å²) in [7, 11) is 4.06. The number of benzene rings is 2. The summed E-state index contributed by atoms with van der Waals surface area (Å²) in [4.78, 5) is 11.7. The van der Waals surface area contributed by atoms with Crippen LogP contribution in [0.1, 0.15) is 58.4 Å². The topological polar surface area (TPSA) is 80.8 Å². The maximum Gasteiger partial charge on any atom is 0.225 e. The van der Waals surface area contributed by atoms with E-state index in [4.69, 9.17) is 24.2 Å². The summed E-state index contributed by atoms with van der Waals surface area (Å²) in [5.41, 5.74) is 2.08. The molecule has 0 aliphatic heterocycles. The number of aromatic nitrogens is 2. The molecule has 39 heavy (non-hydrogen) atoms. The van der Waals surface area contributed by atoms with Gasteiger partial charge in [0.25, 0.3) is 0 Å². The van der Waals surface area contributed by atoms with Crippen LogP contribution in [0.3, 0.4) is 0 Å². The Kier molecular flexibility index (Phi) is 10.5. The van der Waals surface area contributed by atoms with Crippen LogP contribution >= 0.6 is 0 Å². The van der Waals surface area contributed by atoms with E-state index >= 15 is 0 Å². The van der Waals surface area contributed by atoms with E-state index < -0.39 is 0 Å². The van der Waals surface area contributed by atoms with E-state index in [0.29, 0.717) is 31.6 Å². The molecule has 0 atom stereocenters. The predicted octanol–water partition coefficient (Wildman–Crippen LogP) is 6.04. The fourth-order valence-electron chi connectivity index (χ4n) is 5.35. The molecule has 1 aromatic heterocycles. The zero-order valence-corrected chi connectivity index (χ0v) is 24.3. The van der Waals surface area contributed by atoms with Crippen LogP contribution < -0.4 is 29.7 Å². The third-order valence-electron chi connectivity index (χ3n) is 7.27. The molecule has 1 fully saturated rings. The first kappa shape index (κ1) is 28.7. The molecule has 1 aliphatic rings. The van der Waals surface area contributed by atoms with Gasteiger partial charge in [-0.15, -0.1) is 0 Å². The molecule has 8 heteroatoms. The van der Waals surface area contributed by atoms with Gasteiger partial charge in [0.15, 0.2) is 11.5 Å². The van der Waals surface area contributed by atoms with Crippen LogP contribution in [0, 0.1) is 5.92 Å². The fraction of sp³-hybridized carbons (Fsp3) is 0.548. The van der Waals surface area contributed by atoms with Crippen LogP contribution in [0.2, 0.25) is 0 Å². The molecule has 3 aromatic rings. The number of hydrogen-bond acceptors (Lipinski definition) is 8. The molecule has 0 spiro atoms. The molecule has 4 rings (SSSR count). The van der Waals surface area contributed by atoms with Gasteiger partial charge in [0.1, 0.15) is 5.82 Å². The van der Waals surface area contributed by atoms with E-state index in [0.717, 1.165) is 71.6 Å². The normalized spacial score (nSPS) is 17.2. The smallest absolute Gasteiger partial charge is 0.225 e. The van der Waals surface area contributed by atoms with Crippen molar-refractivity contribution in [3.8, 4) is 17.2 Å². The van der Waals surface area contributed by atoms with Crippen molar-refractivity contribution in [1.29, 1.82) is 0 Å². The molecule has 1 heterocycles. The molecule has 8 nitrogen and oxygen atoms in total. The number of anilines is 2. The van der Waals surface area contributed by atoms with Crippen molar-refractivity contribution in [3.05, 3.63) is 42.0 Å². The zero-order valence-electron chi connectivity index (χ0n) is 24.3. The van der Waals surface area contributed by atoms with E-state index in [1.165, 1.54) is 19.3 Å². The van der Waals surface area contributed by atoms with Crippen LogP contribution in [-0.4, -0.2) is 56.5 Å². The Bertz CT molecular complexity index is 1190. The number of nitrogens with zero attached hydrogens (tertiary/aromatic N) is 3. The van der Waals surface area contributed by atoms with Crippen LogP contribution in [0.15, 0.2) is 36.4 Å². The Hall–Kier alpha value is -3.26. The number of fused-ring (bicyclic) bond motifs is 1. The molecule has 1 aliphatic carbocycles. The second kappa shape index (κ2) is 14.2. The first-order valence-corrected chi connectivity index (χ1v) is 14.5. The van der Waals surface area contributed by atoms with Crippen LogP contribution in [0.25, 0.3) is 10.9 Å². The standard InChI is InChI=1S/C31H45N5O3/c1-6-37-27-18-15-23(28(38-7-2)29(27)39-8-3)21-32-20-19-22-13-16-24(17-14-22)33-31-34-26-12-10-9-11-25(26)30(35-31)36(4)5/h9-12,15,18,22,24,32H,6-8,13-14,16-17,19-21H2,1-5H3,(H,33,34,35)/t22-,24+. The van der Waals surface area contributed by atoms with Gasteiger partial charge < -0.3 is 29.7 Å². The highest BCUT2D eigenvalue weighted by Crippen LogP contribution is 2.40. The van der Waals surface area contributed by atoms with E-state index in [1.807, 2.05) is 53.1 Å². The molecule has 2 aromatic carbocycles. The van der Waals surface area contributed by atoms with Gasteiger partial charge in [0.05, 0.1) is 25.3 Å². The van der Waals surface area contributed by atoms with Gasteiger partial charge in [-0.2, -0.15) is 4.98 Å². The average Bonchev–Trinajstić information content (AvgIpc) is 2.94. The Morgan fingerprint density at radius 1 is 0.846 bits per heavy atom. The Morgan fingerprint density at radius 3 is 2.28 bits per heavy atom. The largest absolute Gasteiger partial charge is 0.490 e. The van der Waals surface area contributed by atoms with E-state index in [-0.39, 0.29) is 0 Å². The number of hydrogen-bond donors (Lipinski definition) is 2. The van der Waals surface area contributed by atoms with Crippen molar-refractivity contribution in [1.82, 2.24) is 15.3 Å². The van der Waals surface area contributed by atoms with E-state index in [2.05, 4.69) is 33.7 Å². The lowest BCUT2D eigenvalue weighted by Gasteiger charge is -2.29. The van der Waals surface area contributed by atoms with Crippen molar-refractivity contribution >= 4 is 22.7 Å². The SMILES string of the molecule is CCOc1ccc(CNCC[C@H]2CC[C@@H](Nc3nc(N(C)C)c4ccccc4n3)CC2)c(OCC)c1OCC. The highest BCUT2D eigenvalue weighted by Gasteiger charge is 2.22. The van der Waals surface area contributed by atoms with E-state index in [1.54, 1.807) is 0 Å². The lowest BCUT2D eigenvalue weighted by molar-refractivity contribution is 0.258. The summed E-state index contributed by atoms with van der Waals surface area (Å²) in [6, 6.07) is 12.7. The lowest BCUT2D eigenvalue weighted by atomic mass is 9.84.